The fraction of sp³-hybridized carbons (Fsp3) is 0.333. The van der Waals surface area contributed by atoms with Gasteiger partial charge in [-0.25, -0.2) is 9.79 Å². The maximum Gasteiger partial charge on any atom is 0.317 e. The quantitative estimate of drug-likeness (QED) is 0.886. The Labute approximate surface area is 159 Å². The molecule has 0 atom stereocenters. The summed E-state index contributed by atoms with van der Waals surface area (Å²) in [6, 6.07) is 15.8. The van der Waals surface area contributed by atoms with Crippen LogP contribution in [0.5, 0.6) is 11.5 Å². The van der Waals surface area contributed by atoms with Gasteiger partial charge in [-0.3, -0.25) is 0 Å². The molecule has 4 rings (SSSR count). The predicted molar refractivity (Wildman–Crippen MR) is 106 cm³/mol. The number of ether oxygens (including phenoxy) is 1. The van der Waals surface area contributed by atoms with Crippen molar-refractivity contribution < 1.29 is 9.53 Å². The van der Waals surface area contributed by atoms with Crippen LogP contribution >= 0.6 is 0 Å². The lowest BCUT2D eigenvalue weighted by Crippen LogP contribution is -2.53. The number of nitrogens with zero attached hydrogens (tertiary/aromatic N) is 3. The van der Waals surface area contributed by atoms with E-state index in [1.807, 2.05) is 53.4 Å². The molecule has 140 valence electrons. The summed E-state index contributed by atoms with van der Waals surface area (Å²) in [7, 11) is 0. The van der Waals surface area contributed by atoms with Gasteiger partial charge in [0.25, 0.3) is 0 Å². The fourth-order valence-electron chi connectivity index (χ4n) is 3.38. The molecule has 2 aromatic rings. The van der Waals surface area contributed by atoms with Crippen LogP contribution in [-0.4, -0.2) is 54.4 Å². The Morgan fingerprint density at radius 1 is 1.04 bits per heavy atom. The van der Waals surface area contributed by atoms with Crippen LogP contribution in [0.2, 0.25) is 0 Å². The smallest absolute Gasteiger partial charge is 0.317 e. The number of urea groups is 1. The van der Waals surface area contributed by atoms with E-state index in [1.165, 1.54) is 0 Å². The normalized spacial score (nSPS) is 15.8. The predicted octanol–water partition coefficient (Wildman–Crippen LogP) is 3.61. The summed E-state index contributed by atoms with van der Waals surface area (Å²) in [4.78, 5) is 21.2. The van der Waals surface area contributed by atoms with Crippen LogP contribution in [0.3, 0.4) is 0 Å². The summed E-state index contributed by atoms with van der Waals surface area (Å²) < 4.78 is 6.11. The van der Waals surface area contributed by atoms with Crippen LogP contribution in [-0.2, 0) is 0 Å². The first-order chi connectivity index (χ1) is 13.3. The number of hydrogen-bond donors (Lipinski definition) is 1. The lowest BCUT2D eigenvalue weighted by molar-refractivity contribution is 0.170. The molecule has 0 aromatic heterocycles. The molecule has 0 unspecified atom stereocenters. The van der Waals surface area contributed by atoms with Crippen LogP contribution < -0.4 is 10.1 Å². The first-order valence-electron chi connectivity index (χ1n) is 9.49. The van der Waals surface area contributed by atoms with Crippen molar-refractivity contribution in [2.45, 2.75) is 13.3 Å². The SMILES string of the molecule is CCCNC(=O)N1CCN(C2=Nc3ccccc3Oc3ccccc32)CC1. The molecule has 0 radical (unpaired) electrons. The molecule has 6 nitrogen and oxygen atoms in total. The Hall–Kier alpha value is -3.02. The maximum absolute atomic E-state index is 12.2. The van der Waals surface area contributed by atoms with Gasteiger partial charge in [-0.05, 0) is 30.7 Å². The number of piperazine rings is 1. The van der Waals surface area contributed by atoms with E-state index >= 15 is 0 Å². The van der Waals surface area contributed by atoms with Crippen molar-refractivity contribution in [2.24, 2.45) is 4.99 Å². The third-order valence-corrected chi connectivity index (χ3v) is 4.83. The molecule has 1 saturated heterocycles. The van der Waals surface area contributed by atoms with Gasteiger partial charge in [0.1, 0.15) is 17.3 Å². The molecule has 0 spiro atoms. The molecule has 0 bridgehead atoms. The van der Waals surface area contributed by atoms with Gasteiger partial charge >= 0.3 is 6.03 Å². The van der Waals surface area contributed by atoms with Gasteiger partial charge in [-0.2, -0.15) is 0 Å². The summed E-state index contributed by atoms with van der Waals surface area (Å²) in [6.07, 6.45) is 0.943. The van der Waals surface area contributed by atoms with E-state index in [0.717, 1.165) is 48.1 Å². The Morgan fingerprint density at radius 3 is 2.52 bits per heavy atom. The highest BCUT2D eigenvalue weighted by atomic mass is 16.5. The fourth-order valence-corrected chi connectivity index (χ4v) is 3.38. The summed E-state index contributed by atoms with van der Waals surface area (Å²) in [5.74, 6) is 2.48. The van der Waals surface area contributed by atoms with Gasteiger partial charge in [-0.15, -0.1) is 0 Å². The van der Waals surface area contributed by atoms with Crippen molar-refractivity contribution in [3.8, 4) is 11.5 Å². The van der Waals surface area contributed by atoms with E-state index < -0.39 is 0 Å². The molecular weight excluding hydrogens is 340 g/mol. The topological polar surface area (TPSA) is 57.2 Å². The zero-order valence-corrected chi connectivity index (χ0v) is 15.5. The van der Waals surface area contributed by atoms with Crippen LogP contribution in [0.1, 0.15) is 18.9 Å². The molecule has 1 fully saturated rings. The van der Waals surface area contributed by atoms with E-state index in [4.69, 9.17) is 9.73 Å². The maximum atomic E-state index is 12.2. The largest absolute Gasteiger partial charge is 0.454 e. The minimum Gasteiger partial charge on any atom is -0.454 e. The van der Waals surface area contributed by atoms with Crippen LogP contribution in [0.4, 0.5) is 10.5 Å². The second kappa shape index (κ2) is 7.70. The number of aliphatic imine (C=N–C) groups is 1. The molecule has 1 N–H and O–H groups in total. The number of benzene rings is 2. The lowest BCUT2D eigenvalue weighted by atomic mass is 10.1. The monoisotopic (exact) mass is 364 g/mol. The number of carbonyl (C=O) groups is 1. The zero-order valence-electron chi connectivity index (χ0n) is 15.5. The molecule has 2 heterocycles. The summed E-state index contributed by atoms with van der Waals surface area (Å²) in [5, 5.41) is 2.95. The van der Waals surface area contributed by atoms with Crippen molar-refractivity contribution in [3.63, 3.8) is 0 Å². The van der Waals surface area contributed by atoms with Gasteiger partial charge in [0.2, 0.25) is 0 Å². The summed E-state index contributed by atoms with van der Waals surface area (Å²) >= 11 is 0. The molecule has 6 heteroatoms. The van der Waals surface area contributed by atoms with E-state index in [1.54, 1.807) is 0 Å². The minimum atomic E-state index is 0.0217. The molecule has 0 aliphatic carbocycles. The Morgan fingerprint density at radius 2 is 1.74 bits per heavy atom. The van der Waals surface area contributed by atoms with Crippen molar-refractivity contribution >= 4 is 17.6 Å². The number of hydrogen-bond acceptors (Lipinski definition) is 4. The van der Waals surface area contributed by atoms with Crippen molar-refractivity contribution in [2.75, 3.05) is 32.7 Å². The zero-order chi connectivity index (χ0) is 18.6. The Kier molecular flexibility index (Phi) is 4.96. The van der Waals surface area contributed by atoms with E-state index in [2.05, 4.69) is 17.1 Å². The molecule has 0 saturated carbocycles. The lowest BCUT2D eigenvalue weighted by Gasteiger charge is -2.36. The third-order valence-electron chi connectivity index (χ3n) is 4.83. The summed E-state index contributed by atoms with van der Waals surface area (Å²) in [6.45, 7) is 5.62. The average molecular weight is 364 g/mol. The second-order valence-electron chi connectivity index (χ2n) is 6.71. The van der Waals surface area contributed by atoms with Crippen molar-refractivity contribution in [3.05, 3.63) is 54.1 Å². The van der Waals surface area contributed by atoms with E-state index in [-0.39, 0.29) is 6.03 Å². The van der Waals surface area contributed by atoms with Gasteiger partial charge < -0.3 is 19.9 Å². The number of amidine groups is 1. The number of rotatable bonds is 2. The number of fused-ring (bicyclic) bond motifs is 2. The van der Waals surface area contributed by atoms with E-state index in [0.29, 0.717) is 19.6 Å². The Bertz CT molecular complexity index is 857. The van der Waals surface area contributed by atoms with Crippen molar-refractivity contribution in [1.82, 2.24) is 15.1 Å². The first kappa shape index (κ1) is 17.4. The van der Waals surface area contributed by atoms with Crippen LogP contribution in [0, 0.1) is 0 Å². The standard InChI is InChI=1S/C21H24N4O2/c1-2-11-22-21(26)25-14-12-24(13-15-25)20-16-7-3-5-9-18(16)27-19-10-6-4-8-17(19)23-20/h3-10H,2,11-15H2,1H3,(H,22,26). The van der Waals surface area contributed by atoms with Crippen LogP contribution in [0.25, 0.3) is 0 Å². The van der Waals surface area contributed by atoms with Gasteiger partial charge in [0.15, 0.2) is 5.75 Å². The highest BCUT2D eigenvalue weighted by Gasteiger charge is 2.27. The van der Waals surface area contributed by atoms with Gasteiger partial charge in [0, 0.05) is 32.7 Å². The highest BCUT2D eigenvalue weighted by Crippen LogP contribution is 2.37. The molecule has 2 aromatic carbocycles. The minimum absolute atomic E-state index is 0.0217. The number of carbonyl (C=O) groups excluding carboxylic acids is 1. The number of para-hydroxylation sites is 3. The molecule has 2 aliphatic heterocycles. The van der Waals surface area contributed by atoms with Gasteiger partial charge in [-0.1, -0.05) is 31.2 Å². The highest BCUT2D eigenvalue weighted by molar-refractivity contribution is 6.03. The molecule has 2 aliphatic rings. The molecule has 2 amide bonds. The second-order valence-corrected chi connectivity index (χ2v) is 6.71. The molecule has 27 heavy (non-hydrogen) atoms. The van der Waals surface area contributed by atoms with Gasteiger partial charge in [0.05, 0.1) is 5.56 Å². The summed E-state index contributed by atoms with van der Waals surface area (Å²) in [5.41, 5.74) is 1.81. The Balaban J connectivity index is 1.58. The number of nitrogens with one attached hydrogen (secondary N) is 1. The molecular formula is C21H24N4O2. The van der Waals surface area contributed by atoms with Crippen LogP contribution in [0.15, 0.2) is 53.5 Å². The van der Waals surface area contributed by atoms with E-state index in [9.17, 15) is 4.79 Å². The van der Waals surface area contributed by atoms with Crippen molar-refractivity contribution in [1.29, 1.82) is 0 Å². The number of amides is 2. The third kappa shape index (κ3) is 3.60. The first-order valence-corrected chi connectivity index (χ1v) is 9.49. The average Bonchev–Trinajstić information content (AvgIpc) is 2.89.